The SMILES string of the molecule is COC1=CCN(C)C(N)=C1. The monoisotopic (exact) mass is 140 g/mol. The van der Waals surface area contributed by atoms with E-state index in [0.29, 0.717) is 0 Å². The molecule has 3 nitrogen and oxygen atoms in total. The highest BCUT2D eigenvalue weighted by Crippen LogP contribution is 2.08. The predicted molar refractivity (Wildman–Crippen MR) is 40.0 cm³/mol. The molecule has 0 aliphatic carbocycles. The molecule has 0 aromatic rings. The molecule has 0 aromatic heterocycles. The second-order valence-corrected chi connectivity index (χ2v) is 2.26. The van der Waals surface area contributed by atoms with E-state index in [0.717, 1.165) is 18.1 Å². The topological polar surface area (TPSA) is 38.5 Å². The van der Waals surface area contributed by atoms with Gasteiger partial charge in [0.25, 0.3) is 0 Å². The molecule has 0 unspecified atom stereocenters. The molecule has 0 saturated heterocycles. The highest BCUT2D eigenvalue weighted by atomic mass is 16.5. The van der Waals surface area contributed by atoms with Crippen LogP contribution < -0.4 is 5.73 Å². The van der Waals surface area contributed by atoms with Crippen LogP contribution in [0.15, 0.2) is 23.7 Å². The second-order valence-electron chi connectivity index (χ2n) is 2.26. The number of hydrogen-bond acceptors (Lipinski definition) is 3. The number of rotatable bonds is 1. The van der Waals surface area contributed by atoms with Crippen molar-refractivity contribution < 1.29 is 4.74 Å². The molecule has 2 N–H and O–H groups in total. The first-order chi connectivity index (χ1) is 4.74. The van der Waals surface area contributed by atoms with Gasteiger partial charge in [-0.05, 0) is 6.08 Å². The summed E-state index contributed by atoms with van der Waals surface area (Å²) in [6.07, 6.45) is 3.79. The van der Waals surface area contributed by atoms with Gasteiger partial charge in [0.05, 0.1) is 7.11 Å². The Bertz CT molecular complexity index is 184. The maximum absolute atomic E-state index is 5.61. The Labute approximate surface area is 60.8 Å². The average Bonchev–Trinajstić information content (AvgIpc) is 1.95. The number of methoxy groups -OCH3 is 1. The van der Waals surface area contributed by atoms with Gasteiger partial charge in [0.2, 0.25) is 0 Å². The van der Waals surface area contributed by atoms with Gasteiger partial charge in [-0.2, -0.15) is 0 Å². The summed E-state index contributed by atoms with van der Waals surface area (Å²) in [7, 11) is 3.58. The van der Waals surface area contributed by atoms with Gasteiger partial charge in [-0.15, -0.1) is 0 Å². The number of hydrogen-bond donors (Lipinski definition) is 1. The van der Waals surface area contributed by atoms with Gasteiger partial charge in [0, 0.05) is 19.7 Å². The van der Waals surface area contributed by atoms with Gasteiger partial charge in [0.1, 0.15) is 11.6 Å². The van der Waals surface area contributed by atoms with E-state index in [4.69, 9.17) is 10.5 Å². The molecule has 0 fully saturated rings. The number of likely N-dealkylation sites (N-methyl/N-ethyl adjacent to an activating group) is 1. The van der Waals surface area contributed by atoms with E-state index in [9.17, 15) is 0 Å². The zero-order chi connectivity index (χ0) is 7.56. The number of ether oxygens (including phenoxy) is 1. The number of allylic oxidation sites excluding steroid dienone is 1. The molecule has 3 heteroatoms. The van der Waals surface area contributed by atoms with Crippen molar-refractivity contribution in [2.75, 3.05) is 20.7 Å². The molecular weight excluding hydrogens is 128 g/mol. The first-order valence-corrected chi connectivity index (χ1v) is 3.16. The highest BCUT2D eigenvalue weighted by molar-refractivity contribution is 5.20. The first-order valence-electron chi connectivity index (χ1n) is 3.16. The molecule has 0 spiro atoms. The van der Waals surface area contributed by atoms with Crippen molar-refractivity contribution in [3.63, 3.8) is 0 Å². The summed E-state index contributed by atoms with van der Waals surface area (Å²) in [5.74, 6) is 1.59. The second kappa shape index (κ2) is 2.64. The molecule has 1 aliphatic rings. The van der Waals surface area contributed by atoms with E-state index in [1.807, 2.05) is 24.1 Å². The molecule has 0 atom stereocenters. The molecule has 1 rings (SSSR count). The van der Waals surface area contributed by atoms with Crippen molar-refractivity contribution in [1.82, 2.24) is 4.90 Å². The Hall–Kier alpha value is -1.12. The largest absolute Gasteiger partial charge is 0.497 e. The predicted octanol–water partition coefficient (Wildman–Crippen LogP) is 0.262. The third-order valence-corrected chi connectivity index (χ3v) is 1.53. The molecule has 1 aliphatic heterocycles. The quantitative estimate of drug-likeness (QED) is 0.568. The summed E-state index contributed by atoms with van der Waals surface area (Å²) in [4.78, 5) is 1.95. The van der Waals surface area contributed by atoms with Gasteiger partial charge in [0.15, 0.2) is 0 Å². The Morgan fingerprint density at radius 2 is 2.40 bits per heavy atom. The summed E-state index contributed by atoms with van der Waals surface area (Å²) >= 11 is 0. The van der Waals surface area contributed by atoms with E-state index >= 15 is 0 Å². The lowest BCUT2D eigenvalue weighted by molar-refractivity contribution is 0.293. The maximum Gasteiger partial charge on any atom is 0.120 e. The molecule has 0 radical (unpaired) electrons. The van der Waals surface area contributed by atoms with Crippen molar-refractivity contribution in [2.24, 2.45) is 5.73 Å². The summed E-state index contributed by atoms with van der Waals surface area (Å²) in [5.41, 5.74) is 5.61. The van der Waals surface area contributed by atoms with Crippen LogP contribution in [-0.2, 0) is 4.74 Å². The Morgan fingerprint density at radius 3 is 2.90 bits per heavy atom. The summed E-state index contributed by atoms with van der Waals surface area (Å²) < 4.78 is 4.99. The molecule has 0 aromatic carbocycles. The number of nitrogens with two attached hydrogens (primary N) is 1. The van der Waals surface area contributed by atoms with Crippen LogP contribution in [0.2, 0.25) is 0 Å². The summed E-state index contributed by atoms with van der Waals surface area (Å²) in [5, 5.41) is 0. The fourth-order valence-electron chi connectivity index (χ4n) is 0.789. The van der Waals surface area contributed by atoms with Crippen LogP contribution in [0.5, 0.6) is 0 Å². The minimum Gasteiger partial charge on any atom is -0.497 e. The molecule has 10 heavy (non-hydrogen) atoms. The fourth-order valence-corrected chi connectivity index (χ4v) is 0.789. The van der Waals surface area contributed by atoms with Crippen LogP contribution in [0.1, 0.15) is 0 Å². The lowest BCUT2D eigenvalue weighted by atomic mass is 10.3. The minimum absolute atomic E-state index is 0.749. The van der Waals surface area contributed by atoms with E-state index in [1.54, 1.807) is 7.11 Å². The lowest BCUT2D eigenvalue weighted by Crippen LogP contribution is -2.26. The van der Waals surface area contributed by atoms with E-state index in [2.05, 4.69) is 0 Å². The molecular formula is C7H12N2O. The third-order valence-electron chi connectivity index (χ3n) is 1.53. The van der Waals surface area contributed by atoms with E-state index in [1.165, 1.54) is 0 Å². The molecule has 1 heterocycles. The van der Waals surface area contributed by atoms with Gasteiger partial charge in [-0.25, -0.2) is 0 Å². The average molecular weight is 140 g/mol. The third kappa shape index (κ3) is 1.23. The fraction of sp³-hybridized carbons (Fsp3) is 0.429. The molecule has 0 amide bonds. The van der Waals surface area contributed by atoms with Gasteiger partial charge in [-0.3, -0.25) is 0 Å². The van der Waals surface area contributed by atoms with E-state index in [-0.39, 0.29) is 0 Å². The van der Waals surface area contributed by atoms with Gasteiger partial charge < -0.3 is 15.4 Å². The van der Waals surface area contributed by atoms with Crippen molar-refractivity contribution >= 4 is 0 Å². The number of nitrogens with zero attached hydrogens (tertiary/aromatic N) is 1. The molecule has 0 saturated carbocycles. The van der Waals surface area contributed by atoms with Gasteiger partial charge in [-0.1, -0.05) is 0 Å². The first kappa shape index (κ1) is 6.99. The van der Waals surface area contributed by atoms with Crippen LogP contribution in [0.3, 0.4) is 0 Å². The maximum atomic E-state index is 5.61. The smallest absolute Gasteiger partial charge is 0.120 e. The van der Waals surface area contributed by atoms with Crippen molar-refractivity contribution in [1.29, 1.82) is 0 Å². The standard InChI is InChI=1S/C7H12N2O/c1-9-4-3-6(10-2)5-7(9)8/h3,5H,4,8H2,1-2H3. The lowest BCUT2D eigenvalue weighted by Gasteiger charge is -2.21. The molecule has 56 valence electrons. The van der Waals surface area contributed by atoms with Crippen LogP contribution in [-0.4, -0.2) is 25.6 Å². The van der Waals surface area contributed by atoms with Gasteiger partial charge >= 0.3 is 0 Å². The highest BCUT2D eigenvalue weighted by Gasteiger charge is 2.05. The Morgan fingerprint density at radius 1 is 1.70 bits per heavy atom. The van der Waals surface area contributed by atoms with E-state index < -0.39 is 0 Å². The Balaban J connectivity index is 2.69. The van der Waals surface area contributed by atoms with Crippen LogP contribution in [0.4, 0.5) is 0 Å². The van der Waals surface area contributed by atoms with Crippen molar-refractivity contribution in [3.05, 3.63) is 23.7 Å². The van der Waals surface area contributed by atoms with Crippen LogP contribution in [0, 0.1) is 0 Å². The van der Waals surface area contributed by atoms with Crippen LogP contribution in [0.25, 0.3) is 0 Å². The van der Waals surface area contributed by atoms with Crippen molar-refractivity contribution in [2.45, 2.75) is 0 Å². The summed E-state index contributed by atoms with van der Waals surface area (Å²) in [6, 6.07) is 0. The zero-order valence-electron chi connectivity index (χ0n) is 6.29. The molecule has 0 bridgehead atoms. The zero-order valence-corrected chi connectivity index (χ0v) is 6.29. The normalized spacial score (nSPS) is 18.0. The summed E-state index contributed by atoms with van der Waals surface area (Å²) in [6.45, 7) is 0.825. The Kier molecular flexibility index (Phi) is 1.85. The minimum atomic E-state index is 0.749. The van der Waals surface area contributed by atoms with Crippen LogP contribution >= 0.6 is 0 Å². The van der Waals surface area contributed by atoms with Crippen molar-refractivity contribution in [3.8, 4) is 0 Å².